The number of carboxylic acids is 1. The van der Waals surface area contributed by atoms with E-state index in [0.717, 1.165) is 0 Å². The Bertz CT molecular complexity index is 781. The zero-order valence-corrected chi connectivity index (χ0v) is 23.8. The van der Waals surface area contributed by atoms with Gasteiger partial charge in [0.2, 0.25) is 5.91 Å². The summed E-state index contributed by atoms with van der Waals surface area (Å²) in [6.07, 6.45) is 0. The second-order valence-electron chi connectivity index (χ2n) is 5.54. The number of nitrogens with one attached hydrogen (secondary N) is 2. The van der Waals surface area contributed by atoms with Crippen LogP contribution in [0.3, 0.4) is 0 Å². The molecule has 1 rings (SSSR count). The van der Waals surface area contributed by atoms with Gasteiger partial charge in [0, 0.05) is 19.8 Å². The van der Waals surface area contributed by atoms with E-state index in [9.17, 15) is 34.8 Å². The van der Waals surface area contributed by atoms with E-state index < -0.39 is 43.1 Å². The molecule has 0 aliphatic rings. The van der Waals surface area contributed by atoms with E-state index in [-0.39, 0.29) is 63.7 Å². The van der Waals surface area contributed by atoms with Crippen molar-refractivity contribution >= 4 is 91.2 Å². The molecule has 1 aromatic carbocycles. The van der Waals surface area contributed by atoms with E-state index in [1.807, 2.05) is 0 Å². The van der Waals surface area contributed by atoms with Crippen LogP contribution in [0.1, 0.15) is 20.7 Å². The summed E-state index contributed by atoms with van der Waals surface area (Å²) in [5, 5.41) is 44.7. The normalized spacial score (nSPS) is 10.9. The third kappa shape index (κ3) is 7.07. The monoisotopic (exact) mass is 756 g/mol. The molecule has 2 amide bonds. The molecule has 0 unspecified atom stereocenters. The van der Waals surface area contributed by atoms with Crippen molar-refractivity contribution < 1.29 is 69.1 Å². The molecule has 0 aliphatic carbocycles. The molecule has 14 heteroatoms. The molecule has 0 saturated carbocycles. The molecule has 0 heterocycles. The maximum atomic E-state index is 12.8. The number of anilines is 1. The molecule has 0 aromatic heterocycles. The fraction of sp³-hybridized carbons (Fsp3) is 0.400. The van der Waals surface area contributed by atoms with Gasteiger partial charge >= 0.3 is 29.6 Å². The molecule has 0 fully saturated rings. The molecule has 1 aromatic rings. The van der Waals surface area contributed by atoms with E-state index in [4.69, 9.17) is 4.74 Å². The van der Waals surface area contributed by atoms with Gasteiger partial charge in [0.1, 0.15) is 12.1 Å². The molecule has 156 valence electrons. The van der Waals surface area contributed by atoms with Crippen molar-refractivity contribution in [3.63, 3.8) is 0 Å². The van der Waals surface area contributed by atoms with Gasteiger partial charge in [-0.05, 0) is 67.8 Å². The summed E-state index contributed by atoms with van der Waals surface area (Å²) in [6.45, 7) is -2.56. The minimum absolute atomic E-state index is 0. The van der Waals surface area contributed by atoms with Crippen molar-refractivity contribution in [2.45, 2.75) is 5.54 Å². The average Bonchev–Trinajstić information content (AvgIpc) is 2.63. The molecule has 5 N–H and O–H groups in total. The van der Waals surface area contributed by atoms with Crippen molar-refractivity contribution in [1.82, 2.24) is 5.32 Å². The molecular weight excluding hydrogens is 740 g/mol. The number of halogens is 3. The van der Waals surface area contributed by atoms with Crippen LogP contribution in [0.15, 0.2) is 0 Å². The Labute approximate surface area is 229 Å². The molecule has 0 atom stereocenters. The number of aromatic carboxylic acids is 1. The maximum absolute atomic E-state index is 12.8. The number of aliphatic hydroxyl groups is 3. The van der Waals surface area contributed by atoms with E-state index in [1.54, 1.807) is 67.8 Å². The largest absolute Gasteiger partial charge is 1.00 e. The molecule has 29 heavy (non-hydrogen) atoms. The maximum Gasteiger partial charge on any atom is 1.00 e. The SMILES string of the molecule is COCC(=O)Nc1c(I)c(C(=O)[O-])c(I)c(C(=O)NC(CO)(CO)CO)c1I.[Na+]. The van der Waals surface area contributed by atoms with Crippen LogP contribution < -0.4 is 45.3 Å². The fourth-order valence-electron chi connectivity index (χ4n) is 2.03. The van der Waals surface area contributed by atoms with Gasteiger partial charge < -0.3 is 40.6 Å². The molecule has 0 saturated heterocycles. The van der Waals surface area contributed by atoms with E-state index in [1.165, 1.54) is 7.11 Å². The summed E-state index contributed by atoms with van der Waals surface area (Å²) in [5.74, 6) is -2.98. The van der Waals surface area contributed by atoms with Gasteiger partial charge in [-0.25, -0.2) is 0 Å². The van der Waals surface area contributed by atoms with Crippen LogP contribution in [0, 0.1) is 10.7 Å². The predicted molar refractivity (Wildman–Crippen MR) is 121 cm³/mol. The second kappa shape index (κ2) is 13.3. The number of ether oxygens (including phenoxy) is 1. The molecule has 10 nitrogen and oxygen atoms in total. The van der Waals surface area contributed by atoms with Gasteiger partial charge in [-0.15, -0.1) is 0 Å². The number of methoxy groups -OCH3 is 1. The number of benzene rings is 1. The number of amides is 2. The first-order valence-electron chi connectivity index (χ1n) is 7.44. The van der Waals surface area contributed by atoms with Gasteiger partial charge in [-0.1, -0.05) is 0 Å². The van der Waals surface area contributed by atoms with Gasteiger partial charge in [-0.2, -0.15) is 0 Å². The smallest absolute Gasteiger partial charge is 0.545 e. The number of hydrogen-bond acceptors (Lipinski definition) is 8. The number of aliphatic hydroxyl groups excluding tert-OH is 3. The van der Waals surface area contributed by atoms with E-state index in [2.05, 4.69) is 10.6 Å². The summed E-state index contributed by atoms with van der Waals surface area (Å²) in [6, 6.07) is 0. The fourth-order valence-corrected chi connectivity index (χ4v) is 6.40. The third-order valence-electron chi connectivity index (χ3n) is 3.57. The number of carboxylic acid groups (broad SMARTS) is 1. The standard InChI is InChI=1S/C15H17I3N2O8.Na/c1-28-2-6(24)19-12-10(17)7(9(16)8(11(12)18)14(26)27)13(25)20-15(3-21,4-22)5-23;/h21-23H,2-5H2,1H3,(H,19,24)(H,20,25)(H,26,27);/q;+1/p-1. The first kappa shape index (κ1) is 29.7. The van der Waals surface area contributed by atoms with Gasteiger partial charge in [0.15, 0.2) is 0 Å². The molecule has 0 bridgehead atoms. The zero-order valence-electron chi connectivity index (χ0n) is 15.3. The van der Waals surface area contributed by atoms with Gasteiger partial charge in [-0.3, -0.25) is 9.59 Å². The summed E-state index contributed by atoms with van der Waals surface area (Å²) in [4.78, 5) is 36.4. The van der Waals surface area contributed by atoms with Crippen LogP contribution in [-0.2, 0) is 9.53 Å². The van der Waals surface area contributed by atoms with Crippen LogP contribution >= 0.6 is 67.8 Å². The van der Waals surface area contributed by atoms with Crippen LogP contribution in [0.4, 0.5) is 5.69 Å². The Morgan fingerprint density at radius 2 is 1.48 bits per heavy atom. The summed E-state index contributed by atoms with van der Waals surface area (Å²) in [5.41, 5.74) is -2.06. The topological polar surface area (TPSA) is 168 Å². The Kier molecular flexibility index (Phi) is 13.6. The Hall–Kier alpha value is 0.660. The quantitative estimate of drug-likeness (QED) is 0.125. The summed E-state index contributed by atoms with van der Waals surface area (Å²) >= 11 is 5.15. The predicted octanol–water partition coefficient (Wildman–Crippen LogP) is -4.10. The number of rotatable bonds is 9. The van der Waals surface area contributed by atoms with E-state index >= 15 is 0 Å². The number of carbonyl (C=O) groups excluding carboxylic acids is 3. The first-order valence-corrected chi connectivity index (χ1v) is 10.7. The van der Waals surface area contributed by atoms with Crippen LogP contribution in [0.2, 0.25) is 0 Å². The van der Waals surface area contributed by atoms with Crippen molar-refractivity contribution in [3.05, 3.63) is 21.8 Å². The Morgan fingerprint density at radius 3 is 1.90 bits per heavy atom. The second-order valence-corrected chi connectivity index (χ2v) is 8.78. The van der Waals surface area contributed by atoms with E-state index in [0.29, 0.717) is 0 Å². The third-order valence-corrected chi connectivity index (χ3v) is 6.81. The van der Waals surface area contributed by atoms with Crippen molar-refractivity contribution in [2.75, 3.05) is 38.9 Å². The Morgan fingerprint density at radius 1 is 1.00 bits per heavy atom. The minimum Gasteiger partial charge on any atom is -0.545 e. The molecule has 0 aliphatic heterocycles. The minimum atomic E-state index is -1.71. The van der Waals surface area contributed by atoms with Crippen molar-refractivity contribution in [2.24, 2.45) is 0 Å². The molecular formula is C15H16I3N2NaO8. The van der Waals surface area contributed by atoms with Crippen molar-refractivity contribution in [3.8, 4) is 0 Å². The zero-order chi connectivity index (χ0) is 21.6. The Balaban J connectivity index is 0.00000784. The summed E-state index contributed by atoms with van der Waals surface area (Å²) < 4.78 is 5.15. The van der Waals surface area contributed by atoms with Gasteiger partial charge in [0.05, 0.1) is 40.6 Å². The van der Waals surface area contributed by atoms with Crippen LogP contribution in [0.25, 0.3) is 0 Å². The summed E-state index contributed by atoms with van der Waals surface area (Å²) in [7, 11) is 1.31. The number of carbonyl (C=O) groups is 3. The first-order chi connectivity index (χ1) is 13.1. The van der Waals surface area contributed by atoms with Gasteiger partial charge in [0.25, 0.3) is 5.91 Å². The van der Waals surface area contributed by atoms with Crippen LogP contribution in [0.5, 0.6) is 0 Å². The van der Waals surface area contributed by atoms with Crippen molar-refractivity contribution in [1.29, 1.82) is 0 Å². The average molecular weight is 756 g/mol. The molecule has 0 radical (unpaired) electrons. The van der Waals surface area contributed by atoms with Crippen LogP contribution in [-0.4, -0.2) is 72.2 Å². The molecule has 0 spiro atoms. The number of hydrogen-bond donors (Lipinski definition) is 5.